The van der Waals surface area contributed by atoms with Crippen LogP contribution in [-0.2, 0) is 107 Å². The second-order valence-electron chi connectivity index (χ2n) is 29.2. The van der Waals surface area contributed by atoms with E-state index in [0.29, 0.717) is 5.56 Å². The molecule has 0 unspecified atom stereocenters. The van der Waals surface area contributed by atoms with E-state index in [2.05, 4.69) is 74.4 Å². The van der Waals surface area contributed by atoms with Crippen LogP contribution >= 0.6 is 0 Å². The first-order valence-electron chi connectivity index (χ1n) is 39.3. The molecule has 0 saturated carbocycles. The Bertz CT molecular complexity index is 3950. The first-order chi connectivity index (χ1) is 59.0. The number of nitrogens with one attached hydrogen (secondary N) is 18. The largest absolute Gasteiger partial charge is 0.481 e. The number of carboxylic acid groups (broad SMARTS) is 4. The van der Waals surface area contributed by atoms with Crippen molar-refractivity contribution in [2.45, 2.75) is 228 Å². The highest BCUT2D eigenvalue weighted by molar-refractivity contribution is 6.02. The van der Waals surface area contributed by atoms with Gasteiger partial charge in [0.15, 0.2) is 12.0 Å². The van der Waals surface area contributed by atoms with E-state index in [-0.39, 0.29) is 25.8 Å². The van der Waals surface area contributed by atoms with Gasteiger partial charge in [-0.1, -0.05) is 64.4 Å². The third kappa shape index (κ3) is 41.0. The zero-order valence-electron chi connectivity index (χ0n) is 69.9. The minimum Gasteiger partial charge on any atom is -0.481 e. The van der Waals surface area contributed by atoms with Gasteiger partial charge in [0, 0.05) is 32.2 Å². The van der Waals surface area contributed by atoms with Gasteiger partial charge in [-0.3, -0.25) is 101 Å². The predicted molar refractivity (Wildman–Crippen MR) is 430 cm³/mol. The molecule has 35 N–H and O–H groups in total. The number of hydrogen-bond acceptors (Lipinski definition) is 30. The van der Waals surface area contributed by atoms with Gasteiger partial charge in [-0.25, -0.2) is 4.79 Å². The summed E-state index contributed by atoms with van der Waals surface area (Å²) in [6, 6.07) is -20.0. The van der Waals surface area contributed by atoms with Crippen molar-refractivity contribution >= 4 is 130 Å². The minimum absolute atomic E-state index is 0.125. The lowest BCUT2D eigenvalue weighted by atomic mass is 9.97. The summed E-state index contributed by atoms with van der Waals surface area (Å²) < 4.78 is 0. The summed E-state index contributed by atoms with van der Waals surface area (Å²) in [6.07, 6.45) is -11.9. The number of guanidine groups is 1. The lowest BCUT2D eigenvalue weighted by Crippen LogP contribution is -2.62. The van der Waals surface area contributed by atoms with Crippen LogP contribution in [0.4, 0.5) is 0 Å². The molecular weight excluding hydrogens is 1680 g/mol. The summed E-state index contributed by atoms with van der Waals surface area (Å²) in [4.78, 5) is 277. The summed E-state index contributed by atoms with van der Waals surface area (Å²) in [7, 11) is 0. The molecule has 0 saturated heterocycles. The zero-order valence-corrected chi connectivity index (χ0v) is 69.9. The lowest BCUT2D eigenvalue weighted by molar-refractivity contribution is -0.145. The molecule has 0 spiro atoms. The molecule has 0 aromatic heterocycles. The molecule has 0 fully saturated rings. The van der Waals surface area contributed by atoms with E-state index in [9.17, 15) is 157 Å². The van der Waals surface area contributed by atoms with Crippen molar-refractivity contribution in [2.75, 3.05) is 46.1 Å². The number of amides is 17. The molecule has 0 aliphatic heterocycles. The maximum Gasteiger partial charge on any atom is 0.328 e. The maximum atomic E-state index is 14.2. The standard InChI is InChI=1S/C73H117N21O32/c1-8-32(4)54(69(122)86-41(23-36-13-10-9-11-14-36)63(116)93-56(34(6)100)71(124)87-42(24-47(74)102)64(117)94-57(35(7)101)72(125)126)91-49(104)26-80-59(112)43(27-95)88-60(113)38(16-19-50(105)106)83-65(118)44(28-96)81-48(103)25-79-58(111)37(15-12-22-78-73(76)77)82-66(119)45(29-97)89-61(114)39(17-20-51(107)108)85-70(123)55(33(5)99)92-62(115)40(18-21-52(109)110)84-67(120)46(30-98)90-68(121)53(75)31(2)3/h9-11,13-14,31-35,37-46,53-57,95-101H,8,12,15-30,75H2,1-7H3,(H2,74,102)(H,79,111)(H,80,112)(H,81,103)(H,82,119)(H,83,118)(H,84,120)(H,85,123)(H,86,122)(H,87,124)(H,88,113)(H,89,114)(H,90,121)(H,91,104)(H,92,115)(H,93,116)(H,94,117)(H,105,106)(H,107,108)(H,109,110)(H,125,126)(H4,76,77,78)/t32-,33+,34+,35+,37-,38-,39-,40-,41-,42-,43-,44-,45-,46-,53-,54-,55-,56-,57-/m0/s1. The van der Waals surface area contributed by atoms with Gasteiger partial charge in [0.05, 0.1) is 70.3 Å². The van der Waals surface area contributed by atoms with E-state index in [4.69, 9.17) is 22.6 Å². The van der Waals surface area contributed by atoms with Gasteiger partial charge in [0.25, 0.3) is 0 Å². The van der Waals surface area contributed by atoms with Crippen LogP contribution in [-0.4, -0.2) is 341 Å². The Hall–Kier alpha value is -13.0. The second-order valence-corrected chi connectivity index (χ2v) is 29.2. The summed E-state index contributed by atoms with van der Waals surface area (Å²) in [6.45, 7) is 2.09. The van der Waals surface area contributed by atoms with Gasteiger partial charge in [0.2, 0.25) is 100 Å². The fourth-order valence-electron chi connectivity index (χ4n) is 11.1. The molecule has 19 atom stereocenters. The van der Waals surface area contributed by atoms with E-state index in [1.165, 1.54) is 6.92 Å². The van der Waals surface area contributed by atoms with Crippen LogP contribution in [0.5, 0.6) is 0 Å². The topological polar surface area (TPSA) is 887 Å². The Morgan fingerprint density at radius 3 is 1.06 bits per heavy atom. The third-order valence-corrected chi connectivity index (χ3v) is 18.5. The SMILES string of the molecule is CC[C@H](C)[C@H](NC(=O)CNC(=O)[C@H](CO)NC(=O)[C@H](CCC(=O)O)NC(=O)[C@H](CO)NC(=O)CNC(=O)[C@H](CCCNC(=N)N)NC(=O)[C@H](CO)NC(=O)[C@H](CCC(=O)O)NC(=O)[C@@H](NC(=O)[C@H](CCC(=O)O)NC(=O)[C@H](CO)NC(=O)[C@@H](N)C(C)C)[C@@H](C)O)C(=O)N[C@@H](Cc1ccccc1)C(=O)N[C@H](C(=O)N[C@@H](CC(N)=O)C(=O)N[C@H](C(=O)O)[C@@H](C)O)[C@@H](C)O. The lowest BCUT2D eigenvalue weighted by Gasteiger charge is -2.29. The Labute approximate surface area is 719 Å². The van der Waals surface area contributed by atoms with E-state index in [1.807, 2.05) is 16.0 Å². The number of carboxylic acids is 4. The molecule has 0 aliphatic carbocycles. The Kier molecular flexibility index (Phi) is 50.0. The van der Waals surface area contributed by atoms with Crippen LogP contribution in [0.1, 0.15) is 118 Å². The van der Waals surface area contributed by atoms with Crippen molar-refractivity contribution in [1.29, 1.82) is 5.41 Å². The molecule has 706 valence electrons. The molecule has 126 heavy (non-hydrogen) atoms. The fourth-order valence-corrected chi connectivity index (χ4v) is 11.1. The van der Waals surface area contributed by atoms with Crippen LogP contribution < -0.4 is 108 Å². The highest BCUT2D eigenvalue weighted by Crippen LogP contribution is 2.14. The number of aliphatic hydroxyl groups excluding tert-OH is 7. The van der Waals surface area contributed by atoms with Gasteiger partial charge >= 0.3 is 23.9 Å². The first kappa shape index (κ1) is 111. The minimum atomic E-state index is -2.11. The summed E-state index contributed by atoms with van der Waals surface area (Å²) >= 11 is 0. The van der Waals surface area contributed by atoms with Crippen molar-refractivity contribution in [2.24, 2.45) is 29.0 Å². The summed E-state index contributed by atoms with van der Waals surface area (Å²) in [5, 5.41) is 154. The maximum absolute atomic E-state index is 14.2. The molecule has 0 aliphatic rings. The number of benzene rings is 1. The fraction of sp³-hybridized carbons (Fsp3) is 0.616. The van der Waals surface area contributed by atoms with Gasteiger partial charge in [-0.2, -0.15) is 0 Å². The average Bonchev–Trinajstić information content (AvgIpc) is 0.844. The number of aliphatic carboxylic acids is 4. The number of primary amides is 1. The number of carbonyl (C=O) groups is 21. The zero-order chi connectivity index (χ0) is 96.1. The Balaban J connectivity index is 3.40. The van der Waals surface area contributed by atoms with Crippen molar-refractivity contribution < 1.29 is 157 Å². The van der Waals surface area contributed by atoms with Crippen molar-refractivity contribution in [3.05, 3.63) is 35.9 Å². The summed E-state index contributed by atoms with van der Waals surface area (Å²) in [5.74, 6) is -29.5. The highest BCUT2D eigenvalue weighted by Gasteiger charge is 2.41. The monoisotopic (exact) mass is 1800 g/mol. The van der Waals surface area contributed by atoms with Gasteiger partial charge in [-0.15, -0.1) is 0 Å². The Morgan fingerprint density at radius 1 is 0.365 bits per heavy atom. The smallest absolute Gasteiger partial charge is 0.328 e. The van der Waals surface area contributed by atoms with Crippen LogP contribution in [0.25, 0.3) is 0 Å². The molecule has 1 aromatic rings. The highest BCUT2D eigenvalue weighted by atomic mass is 16.4. The quantitative estimate of drug-likeness (QED) is 0.0164. The van der Waals surface area contributed by atoms with Gasteiger partial charge in [-0.05, 0) is 70.3 Å². The number of nitrogens with two attached hydrogens (primary N) is 3. The van der Waals surface area contributed by atoms with Crippen molar-refractivity contribution in [3.63, 3.8) is 0 Å². The van der Waals surface area contributed by atoms with Crippen LogP contribution in [0.3, 0.4) is 0 Å². The summed E-state index contributed by atoms with van der Waals surface area (Å²) in [5.41, 5.74) is 16.9. The van der Waals surface area contributed by atoms with E-state index < -0.39 is 342 Å². The number of aliphatic hydroxyl groups is 7. The molecule has 0 heterocycles. The number of rotatable bonds is 60. The van der Waals surface area contributed by atoms with Gasteiger partial charge in [0.1, 0.15) is 78.5 Å². The van der Waals surface area contributed by atoms with Crippen LogP contribution in [0, 0.1) is 17.2 Å². The normalized spacial score (nSPS) is 15.6. The molecule has 1 rings (SSSR count). The van der Waals surface area contributed by atoms with E-state index in [1.54, 1.807) is 51.1 Å². The molecule has 17 amide bonds. The van der Waals surface area contributed by atoms with E-state index in [0.717, 1.165) is 20.8 Å². The molecular formula is C73H117N21O32. The Morgan fingerprint density at radius 2 is 0.683 bits per heavy atom. The molecule has 53 heteroatoms. The van der Waals surface area contributed by atoms with Crippen LogP contribution in [0.2, 0.25) is 0 Å². The third-order valence-electron chi connectivity index (χ3n) is 18.5. The molecule has 1 aromatic carbocycles. The molecule has 0 radical (unpaired) electrons. The molecule has 0 bridgehead atoms. The van der Waals surface area contributed by atoms with Gasteiger partial charge < -0.3 is 164 Å². The number of hydrogen-bond donors (Lipinski definition) is 32. The van der Waals surface area contributed by atoms with E-state index >= 15 is 0 Å². The van der Waals surface area contributed by atoms with Crippen molar-refractivity contribution in [1.82, 2.24) is 90.4 Å². The van der Waals surface area contributed by atoms with Crippen molar-refractivity contribution in [3.8, 4) is 0 Å². The first-order valence-corrected chi connectivity index (χ1v) is 39.3. The second kappa shape index (κ2) is 56.7. The number of carbonyl (C=O) groups excluding carboxylic acids is 17. The predicted octanol–water partition coefficient (Wildman–Crippen LogP) is -14.8. The average molecular weight is 1800 g/mol. The van der Waals surface area contributed by atoms with Crippen LogP contribution in [0.15, 0.2) is 30.3 Å². The molecule has 53 nitrogen and oxygen atoms in total.